The number of hydrogen-bond donors (Lipinski definition) is 2. The first-order chi connectivity index (χ1) is 9.66. The van der Waals surface area contributed by atoms with E-state index < -0.39 is 0 Å². The molecule has 3 rings (SSSR count). The third-order valence-electron chi connectivity index (χ3n) is 3.72. The summed E-state index contributed by atoms with van der Waals surface area (Å²) in [5.74, 6) is 0.783. The zero-order valence-corrected chi connectivity index (χ0v) is 11.7. The summed E-state index contributed by atoms with van der Waals surface area (Å²) in [5.41, 5.74) is 6.16. The number of hydrogen-bond acceptors (Lipinski definition) is 3. The van der Waals surface area contributed by atoms with Gasteiger partial charge in [0, 0.05) is 26.1 Å². The number of nitrogen functional groups attached to an aromatic ring is 1. The van der Waals surface area contributed by atoms with Gasteiger partial charge in [-0.1, -0.05) is 0 Å². The van der Waals surface area contributed by atoms with E-state index in [-0.39, 0.29) is 5.56 Å². The monoisotopic (exact) mass is 277 g/mol. The van der Waals surface area contributed by atoms with Crippen LogP contribution in [0, 0.1) is 0 Å². The van der Waals surface area contributed by atoms with Crippen LogP contribution in [0.4, 0.5) is 11.5 Å². The number of aromatic nitrogens is 4. The molecule has 0 aromatic carbocycles. The molecule has 0 radical (unpaired) electrons. The van der Waals surface area contributed by atoms with Gasteiger partial charge in [0.2, 0.25) is 6.33 Å². The molecule has 3 N–H and O–H groups in total. The molecule has 1 aliphatic heterocycles. The molecule has 20 heavy (non-hydrogen) atoms. The minimum atomic E-state index is -0.0672. The summed E-state index contributed by atoms with van der Waals surface area (Å²) in [4.78, 5) is 11.9. The van der Waals surface area contributed by atoms with E-state index in [4.69, 9.17) is 5.73 Å². The predicted octanol–water partition coefficient (Wildman–Crippen LogP) is -0.236. The molecule has 1 aliphatic rings. The molecular formula is C13H21N6O+. The van der Waals surface area contributed by atoms with Gasteiger partial charge < -0.3 is 11.1 Å². The van der Waals surface area contributed by atoms with Gasteiger partial charge in [0.25, 0.3) is 5.56 Å². The number of fused-ring (bicyclic) bond motifs is 1. The molecule has 0 saturated carbocycles. The van der Waals surface area contributed by atoms with Crippen LogP contribution in [0.3, 0.4) is 0 Å². The number of nitrogens with one attached hydrogen (secondary N) is 1. The van der Waals surface area contributed by atoms with Crippen LogP contribution in [0.2, 0.25) is 0 Å². The molecule has 2 aromatic heterocycles. The van der Waals surface area contributed by atoms with Gasteiger partial charge in [0.05, 0.1) is 13.6 Å². The van der Waals surface area contributed by atoms with E-state index in [1.807, 2.05) is 22.5 Å². The highest BCUT2D eigenvalue weighted by Crippen LogP contribution is 2.19. The Morgan fingerprint density at radius 1 is 1.40 bits per heavy atom. The molecule has 0 unspecified atom stereocenters. The van der Waals surface area contributed by atoms with Gasteiger partial charge in [0.1, 0.15) is 23.9 Å². The van der Waals surface area contributed by atoms with Crippen molar-refractivity contribution in [2.75, 3.05) is 17.6 Å². The Kier molecular flexibility index (Phi) is 3.25. The molecule has 0 bridgehead atoms. The zero-order valence-electron chi connectivity index (χ0n) is 11.7. The number of nitrogens with two attached hydrogens (primary N) is 1. The van der Waals surface area contributed by atoms with E-state index in [0.29, 0.717) is 5.69 Å². The predicted molar refractivity (Wildman–Crippen MR) is 76.4 cm³/mol. The van der Waals surface area contributed by atoms with E-state index in [1.54, 1.807) is 4.68 Å². The second-order valence-electron chi connectivity index (χ2n) is 5.26. The van der Waals surface area contributed by atoms with Crippen molar-refractivity contribution in [2.24, 2.45) is 7.05 Å². The minimum Gasteiger partial charge on any atom is -0.391 e. The van der Waals surface area contributed by atoms with Crippen LogP contribution in [-0.4, -0.2) is 20.5 Å². The first kappa shape index (κ1) is 12.8. The molecule has 108 valence electrons. The molecule has 7 nitrogen and oxygen atoms in total. The third-order valence-corrected chi connectivity index (χ3v) is 3.72. The molecule has 0 spiro atoms. The topological polar surface area (TPSA) is 73.8 Å². The third kappa shape index (κ3) is 2.19. The van der Waals surface area contributed by atoms with Crippen molar-refractivity contribution in [3.8, 4) is 0 Å². The van der Waals surface area contributed by atoms with Crippen molar-refractivity contribution in [3.05, 3.63) is 29.1 Å². The van der Waals surface area contributed by atoms with Crippen molar-refractivity contribution in [1.82, 2.24) is 13.9 Å². The summed E-state index contributed by atoms with van der Waals surface area (Å²) in [5, 5.41) is 3.31. The first-order valence-corrected chi connectivity index (χ1v) is 7.01. The average molecular weight is 277 g/mol. The maximum atomic E-state index is 11.9. The lowest BCUT2D eigenvalue weighted by molar-refractivity contribution is -0.671. The second-order valence-corrected chi connectivity index (χ2v) is 5.26. The summed E-state index contributed by atoms with van der Waals surface area (Å²) in [6.07, 6.45) is 8.10. The van der Waals surface area contributed by atoms with Gasteiger partial charge >= 0.3 is 0 Å². The Balaban J connectivity index is 1.59. The van der Waals surface area contributed by atoms with Crippen LogP contribution in [-0.2, 0) is 26.7 Å². The number of aryl methyl sites for hydroxylation is 2. The van der Waals surface area contributed by atoms with E-state index in [0.717, 1.165) is 44.8 Å². The maximum Gasteiger partial charge on any atom is 0.292 e. The van der Waals surface area contributed by atoms with Crippen molar-refractivity contribution in [1.29, 1.82) is 0 Å². The van der Waals surface area contributed by atoms with Crippen LogP contribution in [0.15, 0.2) is 23.5 Å². The standard InChI is InChI=1S/C13H20N6O/c1-16-8-9-17(10-16)5-2-4-15-12-11(14)13(20)19-7-3-6-18(12)19/h8-10H,2-7,14H2,1H3/p+1. The molecule has 2 aromatic rings. The molecule has 0 fully saturated rings. The lowest BCUT2D eigenvalue weighted by atomic mass is 10.4. The Morgan fingerprint density at radius 2 is 2.20 bits per heavy atom. The SMILES string of the molecule is C[n+]1ccn(CCCNc2c(N)c(=O)n3n2CCC3)c1. The summed E-state index contributed by atoms with van der Waals surface area (Å²) < 4.78 is 7.85. The number of anilines is 2. The smallest absolute Gasteiger partial charge is 0.292 e. The van der Waals surface area contributed by atoms with E-state index in [9.17, 15) is 4.79 Å². The highest BCUT2D eigenvalue weighted by atomic mass is 16.1. The summed E-state index contributed by atoms with van der Waals surface area (Å²) in [6.45, 7) is 3.38. The quantitative estimate of drug-likeness (QED) is 0.585. The fourth-order valence-corrected chi connectivity index (χ4v) is 2.72. The molecule has 0 amide bonds. The molecule has 0 atom stereocenters. The first-order valence-electron chi connectivity index (χ1n) is 7.01. The zero-order chi connectivity index (χ0) is 14.1. The van der Waals surface area contributed by atoms with E-state index in [1.165, 1.54) is 0 Å². The van der Waals surface area contributed by atoms with Crippen LogP contribution in [0.5, 0.6) is 0 Å². The Morgan fingerprint density at radius 3 is 2.95 bits per heavy atom. The highest BCUT2D eigenvalue weighted by molar-refractivity contribution is 5.61. The maximum absolute atomic E-state index is 11.9. The summed E-state index contributed by atoms with van der Waals surface area (Å²) >= 11 is 0. The van der Waals surface area contributed by atoms with Gasteiger partial charge in [-0.3, -0.25) is 9.48 Å². The van der Waals surface area contributed by atoms with Crippen LogP contribution < -0.4 is 21.2 Å². The van der Waals surface area contributed by atoms with Gasteiger partial charge in [-0.05, 0) is 6.42 Å². The number of imidazole rings is 1. The van der Waals surface area contributed by atoms with Crippen LogP contribution >= 0.6 is 0 Å². The number of rotatable bonds is 5. The fourth-order valence-electron chi connectivity index (χ4n) is 2.72. The van der Waals surface area contributed by atoms with E-state index in [2.05, 4.69) is 22.4 Å². The highest BCUT2D eigenvalue weighted by Gasteiger charge is 2.20. The van der Waals surface area contributed by atoms with Gasteiger partial charge in [-0.2, -0.15) is 0 Å². The van der Waals surface area contributed by atoms with Crippen molar-refractivity contribution in [2.45, 2.75) is 32.5 Å². The summed E-state index contributed by atoms with van der Waals surface area (Å²) in [6, 6.07) is 0. The minimum absolute atomic E-state index is 0.0672. The lowest BCUT2D eigenvalue weighted by Crippen LogP contribution is -2.23. The summed E-state index contributed by atoms with van der Waals surface area (Å²) in [7, 11) is 2.01. The van der Waals surface area contributed by atoms with Gasteiger partial charge in [-0.15, -0.1) is 0 Å². The normalized spacial score (nSPS) is 13.7. The molecule has 0 aliphatic carbocycles. The molecule has 7 heteroatoms. The fraction of sp³-hybridized carbons (Fsp3) is 0.538. The number of nitrogens with zero attached hydrogens (tertiary/aromatic N) is 4. The lowest BCUT2D eigenvalue weighted by Gasteiger charge is -2.08. The van der Waals surface area contributed by atoms with Gasteiger partial charge in [-0.25, -0.2) is 13.8 Å². The molecule has 3 heterocycles. The molecular weight excluding hydrogens is 256 g/mol. The van der Waals surface area contributed by atoms with Crippen molar-refractivity contribution in [3.63, 3.8) is 0 Å². The molecule has 0 saturated heterocycles. The van der Waals surface area contributed by atoms with Gasteiger partial charge in [0.15, 0.2) is 0 Å². The van der Waals surface area contributed by atoms with E-state index >= 15 is 0 Å². The second kappa shape index (κ2) is 5.07. The van der Waals surface area contributed by atoms with Crippen molar-refractivity contribution >= 4 is 11.5 Å². The Labute approximate surface area is 117 Å². The van der Waals surface area contributed by atoms with Crippen LogP contribution in [0.25, 0.3) is 0 Å². The largest absolute Gasteiger partial charge is 0.391 e. The average Bonchev–Trinajstić information content (AvgIpc) is 3.10. The Bertz CT molecular complexity index is 665. The van der Waals surface area contributed by atoms with Crippen LogP contribution in [0.1, 0.15) is 12.8 Å². The van der Waals surface area contributed by atoms with Crippen molar-refractivity contribution < 1.29 is 4.57 Å². The Hall–Kier alpha value is -2.18.